The van der Waals surface area contributed by atoms with Gasteiger partial charge < -0.3 is 9.64 Å². The van der Waals surface area contributed by atoms with Gasteiger partial charge in [-0.2, -0.15) is 4.98 Å². The molecular weight excluding hydrogens is 272 g/mol. The summed E-state index contributed by atoms with van der Waals surface area (Å²) in [7, 11) is 0. The van der Waals surface area contributed by atoms with Gasteiger partial charge in [0.05, 0.1) is 11.5 Å². The molecule has 2 aromatic rings. The number of hydrogen-bond donors (Lipinski definition) is 0. The topological polar surface area (TPSA) is 81.4 Å². The Bertz CT molecular complexity index is 690. The van der Waals surface area contributed by atoms with E-state index in [0.717, 1.165) is 17.7 Å². The van der Waals surface area contributed by atoms with Crippen molar-refractivity contribution in [1.29, 1.82) is 0 Å². The fourth-order valence-corrected chi connectivity index (χ4v) is 2.51. The van der Waals surface area contributed by atoms with Crippen LogP contribution in [0.15, 0.2) is 30.6 Å². The molecular formula is C14H14N4O3. The van der Waals surface area contributed by atoms with Gasteiger partial charge >= 0.3 is 5.69 Å². The largest absolute Gasteiger partial charge is 0.473 e. The lowest BCUT2D eigenvalue weighted by Crippen LogP contribution is -2.17. The van der Waals surface area contributed by atoms with Gasteiger partial charge in [-0.3, -0.25) is 10.1 Å². The molecule has 0 radical (unpaired) electrons. The average Bonchev–Trinajstić information content (AvgIpc) is 2.91. The van der Waals surface area contributed by atoms with E-state index in [-0.39, 0.29) is 17.4 Å². The van der Waals surface area contributed by atoms with Crippen LogP contribution in [0, 0.1) is 10.1 Å². The molecule has 0 unspecified atom stereocenters. The third-order valence-corrected chi connectivity index (χ3v) is 3.38. The molecule has 7 nitrogen and oxygen atoms in total. The van der Waals surface area contributed by atoms with Crippen LogP contribution >= 0.6 is 0 Å². The van der Waals surface area contributed by atoms with E-state index < -0.39 is 4.92 Å². The average molecular weight is 286 g/mol. The highest BCUT2D eigenvalue weighted by atomic mass is 16.6. The van der Waals surface area contributed by atoms with Crippen molar-refractivity contribution in [2.75, 3.05) is 18.1 Å². The first-order valence-corrected chi connectivity index (χ1v) is 6.70. The molecule has 0 fully saturated rings. The van der Waals surface area contributed by atoms with Crippen molar-refractivity contribution in [2.45, 2.75) is 13.3 Å². The van der Waals surface area contributed by atoms with E-state index in [4.69, 9.17) is 4.74 Å². The van der Waals surface area contributed by atoms with Crippen LogP contribution in [0.1, 0.15) is 12.5 Å². The number of ether oxygens (including phenoxy) is 1. The summed E-state index contributed by atoms with van der Waals surface area (Å²) in [5.74, 6) is 0.292. The van der Waals surface area contributed by atoms with E-state index in [2.05, 4.69) is 9.97 Å². The minimum atomic E-state index is -0.485. The summed E-state index contributed by atoms with van der Waals surface area (Å²) in [6, 6.07) is 7.83. The van der Waals surface area contributed by atoms with Crippen LogP contribution in [0.2, 0.25) is 0 Å². The number of nitrogens with zero attached hydrogens (tertiary/aromatic N) is 4. The molecule has 1 aromatic heterocycles. The highest BCUT2D eigenvalue weighted by Gasteiger charge is 2.31. The van der Waals surface area contributed by atoms with Crippen molar-refractivity contribution >= 4 is 17.2 Å². The number of nitro groups is 1. The summed E-state index contributed by atoms with van der Waals surface area (Å²) in [5, 5.41) is 11.4. The van der Waals surface area contributed by atoms with E-state index in [9.17, 15) is 10.1 Å². The molecule has 1 aliphatic heterocycles. The second kappa shape index (κ2) is 5.35. The second-order valence-corrected chi connectivity index (χ2v) is 4.57. The van der Waals surface area contributed by atoms with Crippen LogP contribution in [0.4, 0.5) is 17.2 Å². The van der Waals surface area contributed by atoms with Gasteiger partial charge in [0.1, 0.15) is 6.33 Å². The van der Waals surface area contributed by atoms with E-state index in [1.54, 1.807) is 6.92 Å². The summed E-state index contributed by atoms with van der Waals surface area (Å²) in [6.07, 6.45) is 2.13. The minimum absolute atomic E-state index is 0.0110. The monoisotopic (exact) mass is 286 g/mol. The zero-order valence-electron chi connectivity index (χ0n) is 11.5. The Morgan fingerprint density at radius 3 is 2.95 bits per heavy atom. The van der Waals surface area contributed by atoms with Crippen molar-refractivity contribution in [3.63, 3.8) is 0 Å². The molecule has 0 saturated carbocycles. The molecule has 0 bridgehead atoms. The van der Waals surface area contributed by atoms with Crippen molar-refractivity contribution in [3.8, 4) is 5.88 Å². The Morgan fingerprint density at radius 2 is 2.19 bits per heavy atom. The number of benzene rings is 1. The molecule has 3 rings (SSSR count). The zero-order chi connectivity index (χ0) is 14.8. The summed E-state index contributed by atoms with van der Waals surface area (Å²) >= 11 is 0. The number of rotatable bonds is 4. The third-order valence-electron chi connectivity index (χ3n) is 3.38. The van der Waals surface area contributed by atoms with Gasteiger partial charge in [-0.15, -0.1) is 0 Å². The molecule has 0 amide bonds. The smallest absolute Gasteiger partial charge is 0.373 e. The second-order valence-electron chi connectivity index (χ2n) is 4.57. The lowest BCUT2D eigenvalue weighted by atomic mass is 10.2. The van der Waals surface area contributed by atoms with Gasteiger partial charge in [0.25, 0.3) is 5.88 Å². The lowest BCUT2D eigenvalue weighted by molar-refractivity contribution is -0.385. The van der Waals surface area contributed by atoms with Gasteiger partial charge in [0.15, 0.2) is 0 Å². The SMILES string of the molecule is CCOc1ncnc(N2CCc3ccccc32)c1[N+](=O)[O-]. The van der Waals surface area contributed by atoms with Crippen molar-refractivity contribution in [2.24, 2.45) is 0 Å². The van der Waals surface area contributed by atoms with Crippen molar-refractivity contribution in [1.82, 2.24) is 9.97 Å². The van der Waals surface area contributed by atoms with Gasteiger partial charge in [-0.05, 0) is 25.0 Å². The first-order chi connectivity index (χ1) is 10.2. The molecule has 1 aliphatic rings. The normalized spacial score (nSPS) is 13.1. The van der Waals surface area contributed by atoms with Gasteiger partial charge in [-0.25, -0.2) is 4.98 Å². The standard InChI is InChI=1S/C14H14N4O3/c1-2-21-14-12(18(19)20)13(15-9-16-14)17-8-7-10-5-3-4-6-11(10)17/h3-6,9H,2,7-8H2,1H3. The van der Waals surface area contributed by atoms with Crippen LogP contribution < -0.4 is 9.64 Å². The van der Waals surface area contributed by atoms with E-state index >= 15 is 0 Å². The molecule has 0 spiro atoms. The van der Waals surface area contributed by atoms with E-state index in [0.29, 0.717) is 13.2 Å². The number of fused-ring (bicyclic) bond motifs is 1. The summed E-state index contributed by atoms with van der Waals surface area (Å²) < 4.78 is 5.27. The Balaban J connectivity index is 2.11. The number of anilines is 2. The fourth-order valence-electron chi connectivity index (χ4n) is 2.51. The summed E-state index contributed by atoms with van der Waals surface area (Å²) in [5.41, 5.74) is 1.92. The number of aromatic nitrogens is 2. The molecule has 1 aromatic carbocycles. The fraction of sp³-hybridized carbons (Fsp3) is 0.286. The third kappa shape index (κ3) is 2.26. The van der Waals surface area contributed by atoms with Crippen molar-refractivity contribution in [3.05, 3.63) is 46.3 Å². The Hall–Kier alpha value is -2.70. The maximum atomic E-state index is 11.4. The van der Waals surface area contributed by atoms with Gasteiger partial charge in [-0.1, -0.05) is 18.2 Å². The Kier molecular flexibility index (Phi) is 3.39. The number of para-hydroxylation sites is 1. The minimum Gasteiger partial charge on any atom is -0.473 e. The zero-order valence-corrected chi connectivity index (χ0v) is 11.5. The molecule has 7 heteroatoms. The maximum absolute atomic E-state index is 11.4. The molecule has 0 N–H and O–H groups in total. The van der Waals surface area contributed by atoms with Crippen LogP contribution in [-0.4, -0.2) is 28.0 Å². The molecule has 21 heavy (non-hydrogen) atoms. The molecule has 108 valence electrons. The lowest BCUT2D eigenvalue weighted by Gasteiger charge is -2.18. The molecule has 2 heterocycles. The maximum Gasteiger partial charge on any atom is 0.373 e. The predicted molar refractivity (Wildman–Crippen MR) is 77.0 cm³/mol. The van der Waals surface area contributed by atoms with Crippen LogP contribution in [0.3, 0.4) is 0 Å². The van der Waals surface area contributed by atoms with Crippen LogP contribution in [0.25, 0.3) is 0 Å². The Morgan fingerprint density at radius 1 is 1.38 bits per heavy atom. The van der Waals surface area contributed by atoms with E-state index in [1.165, 1.54) is 6.33 Å². The highest BCUT2D eigenvalue weighted by Crippen LogP contribution is 2.40. The molecule has 0 saturated heterocycles. The van der Waals surface area contributed by atoms with E-state index in [1.807, 2.05) is 29.2 Å². The van der Waals surface area contributed by atoms with Gasteiger partial charge in [0, 0.05) is 12.2 Å². The number of hydrogen-bond acceptors (Lipinski definition) is 6. The quantitative estimate of drug-likeness (QED) is 0.634. The highest BCUT2D eigenvalue weighted by molar-refractivity contribution is 5.74. The summed E-state index contributed by atoms with van der Waals surface area (Å²) in [6.45, 7) is 2.73. The van der Waals surface area contributed by atoms with Crippen LogP contribution in [0.5, 0.6) is 5.88 Å². The van der Waals surface area contributed by atoms with Crippen LogP contribution in [-0.2, 0) is 6.42 Å². The Labute approximate surface area is 121 Å². The van der Waals surface area contributed by atoms with Gasteiger partial charge in [0.2, 0.25) is 5.82 Å². The summed E-state index contributed by atoms with van der Waals surface area (Å²) in [4.78, 5) is 20.8. The van der Waals surface area contributed by atoms with Crippen molar-refractivity contribution < 1.29 is 9.66 Å². The molecule has 0 atom stereocenters. The molecule has 0 aliphatic carbocycles. The first-order valence-electron chi connectivity index (χ1n) is 6.70. The predicted octanol–water partition coefficient (Wildman–Crippen LogP) is 2.48. The first kappa shape index (κ1) is 13.3.